The maximum Gasteiger partial charge on any atom is 0.295 e. The number of phenolic OH excluding ortho intramolecular Hbond substituents is 1. The van der Waals surface area contributed by atoms with Gasteiger partial charge in [-0.25, -0.2) is 4.68 Å². The van der Waals surface area contributed by atoms with Crippen LogP contribution < -0.4 is 5.56 Å². The number of aryl methyl sites for hydroxylation is 1. The molecule has 6 nitrogen and oxygen atoms in total. The van der Waals surface area contributed by atoms with Crippen LogP contribution in [-0.4, -0.2) is 14.9 Å². The Kier molecular flexibility index (Phi) is 5.03. The summed E-state index contributed by atoms with van der Waals surface area (Å²) in [6.07, 6.45) is 3.98. The molecule has 0 radical (unpaired) electrons. The van der Waals surface area contributed by atoms with Gasteiger partial charge in [-0.05, 0) is 37.6 Å². The summed E-state index contributed by atoms with van der Waals surface area (Å²) in [6.45, 7) is 1.71. The summed E-state index contributed by atoms with van der Waals surface area (Å²) in [5, 5.41) is 21.9. The van der Waals surface area contributed by atoms with Gasteiger partial charge in [-0.2, -0.15) is 0 Å². The molecule has 0 spiro atoms. The van der Waals surface area contributed by atoms with E-state index in [1.807, 2.05) is 0 Å². The zero-order valence-electron chi connectivity index (χ0n) is 13.0. The Bertz CT molecular complexity index is 972. The van der Waals surface area contributed by atoms with E-state index in [4.69, 9.17) is 34.8 Å². The minimum absolute atomic E-state index is 0.0801. The fourth-order valence-corrected chi connectivity index (χ4v) is 2.95. The largest absolute Gasteiger partial charge is 0.506 e. The predicted molar refractivity (Wildman–Crippen MR) is 98.6 cm³/mol. The van der Waals surface area contributed by atoms with Crippen molar-refractivity contribution < 1.29 is 5.11 Å². The van der Waals surface area contributed by atoms with E-state index in [0.717, 1.165) is 0 Å². The third kappa shape index (κ3) is 3.66. The average Bonchev–Trinajstić information content (AvgIpc) is 2.85. The van der Waals surface area contributed by atoms with Gasteiger partial charge in [-0.15, -0.1) is 10.2 Å². The van der Waals surface area contributed by atoms with Gasteiger partial charge in [0.1, 0.15) is 11.4 Å². The molecule has 2 N–H and O–H groups in total. The lowest BCUT2D eigenvalue weighted by Gasteiger charge is -2.16. The van der Waals surface area contributed by atoms with Gasteiger partial charge in [0.05, 0.1) is 21.8 Å². The van der Waals surface area contributed by atoms with Crippen LogP contribution in [0.1, 0.15) is 18.2 Å². The lowest BCUT2D eigenvalue weighted by Crippen LogP contribution is -2.22. The lowest BCUT2D eigenvalue weighted by molar-refractivity contribution is 0.476. The summed E-state index contributed by atoms with van der Waals surface area (Å²) in [4.78, 5) is 12.6. The third-order valence-electron chi connectivity index (χ3n) is 3.70. The number of hydrogen-bond acceptors (Lipinski definition) is 4. The van der Waals surface area contributed by atoms with Crippen LogP contribution in [0.15, 0.2) is 55.4 Å². The quantitative estimate of drug-likeness (QED) is 0.673. The standard InChI is InChI=1S/C16H13Cl3N4O2/c1-8-15(21-20-13-6-9(17)2-5-14(13)24)16(25)23(22-8)10-3-4-11(18)12(19)7-10/h2,4-7,10,22,24H,3H2,1H3. The number of nitrogens with one attached hydrogen (secondary N) is 1. The van der Waals surface area contributed by atoms with E-state index in [0.29, 0.717) is 27.2 Å². The predicted octanol–water partition coefficient (Wildman–Crippen LogP) is 5.45. The van der Waals surface area contributed by atoms with Crippen LogP contribution in [0, 0.1) is 6.92 Å². The summed E-state index contributed by atoms with van der Waals surface area (Å²) in [5.74, 6) is -0.0801. The number of azo groups is 1. The second-order valence-electron chi connectivity index (χ2n) is 5.46. The van der Waals surface area contributed by atoms with Crippen LogP contribution in [-0.2, 0) is 0 Å². The zero-order valence-corrected chi connectivity index (χ0v) is 15.3. The first kappa shape index (κ1) is 17.8. The number of halogens is 3. The monoisotopic (exact) mass is 398 g/mol. The Balaban J connectivity index is 1.95. The van der Waals surface area contributed by atoms with Crippen molar-refractivity contribution in [2.24, 2.45) is 10.2 Å². The van der Waals surface area contributed by atoms with Gasteiger partial charge in [0, 0.05) is 5.02 Å². The third-order valence-corrected chi connectivity index (χ3v) is 4.72. The van der Waals surface area contributed by atoms with Crippen molar-refractivity contribution in [3.63, 3.8) is 0 Å². The van der Waals surface area contributed by atoms with Crippen LogP contribution in [0.3, 0.4) is 0 Å². The smallest absolute Gasteiger partial charge is 0.295 e. The Labute approximate surface area is 158 Å². The highest BCUT2D eigenvalue weighted by Crippen LogP contribution is 2.32. The maximum atomic E-state index is 12.6. The van der Waals surface area contributed by atoms with Crippen LogP contribution in [0.5, 0.6) is 5.75 Å². The minimum Gasteiger partial charge on any atom is -0.506 e. The summed E-state index contributed by atoms with van der Waals surface area (Å²) in [6, 6.07) is 4.11. The Morgan fingerprint density at radius 3 is 2.72 bits per heavy atom. The van der Waals surface area contributed by atoms with Gasteiger partial charge in [0.25, 0.3) is 5.56 Å². The van der Waals surface area contributed by atoms with Crippen LogP contribution in [0.4, 0.5) is 11.4 Å². The molecule has 25 heavy (non-hydrogen) atoms. The molecule has 1 unspecified atom stereocenters. The number of aromatic nitrogens is 2. The van der Waals surface area contributed by atoms with E-state index in [1.165, 1.54) is 22.9 Å². The number of benzene rings is 1. The molecular formula is C16H13Cl3N4O2. The van der Waals surface area contributed by atoms with Crippen molar-refractivity contribution in [1.29, 1.82) is 0 Å². The molecule has 1 atom stereocenters. The summed E-state index contributed by atoms with van der Waals surface area (Å²) < 4.78 is 1.42. The second-order valence-corrected chi connectivity index (χ2v) is 6.71. The van der Waals surface area contributed by atoms with Crippen molar-refractivity contribution >= 4 is 46.2 Å². The van der Waals surface area contributed by atoms with Crippen molar-refractivity contribution in [1.82, 2.24) is 9.78 Å². The molecule has 130 valence electrons. The lowest BCUT2D eigenvalue weighted by atomic mass is 10.1. The molecular weight excluding hydrogens is 387 g/mol. The number of hydrogen-bond donors (Lipinski definition) is 2. The number of aromatic amines is 1. The molecule has 1 heterocycles. The first-order chi connectivity index (χ1) is 11.9. The highest BCUT2D eigenvalue weighted by Gasteiger charge is 2.20. The van der Waals surface area contributed by atoms with Gasteiger partial charge in [-0.1, -0.05) is 40.9 Å². The summed E-state index contributed by atoms with van der Waals surface area (Å²) in [5.41, 5.74) is 0.513. The molecule has 0 saturated carbocycles. The van der Waals surface area contributed by atoms with Gasteiger partial charge in [-0.3, -0.25) is 9.89 Å². The van der Waals surface area contributed by atoms with Crippen LogP contribution in [0.2, 0.25) is 5.02 Å². The zero-order chi connectivity index (χ0) is 18.1. The molecule has 0 aliphatic heterocycles. The number of rotatable bonds is 3. The molecule has 0 fully saturated rings. The first-order valence-corrected chi connectivity index (χ1v) is 8.45. The fraction of sp³-hybridized carbons (Fsp3) is 0.188. The van der Waals surface area contributed by atoms with E-state index in [1.54, 1.807) is 19.1 Å². The van der Waals surface area contributed by atoms with Gasteiger partial charge >= 0.3 is 0 Å². The second kappa shape index (κ2) is 7.07. The molecule has 2 aromatic rings. The molecule has 1 aliphatic rings. The highest BCUT2D eigenvalue weighted by molar-refractivity contribution is 6.44. The molecule has 3 rings (SSSR count). The van der Waals surface area contributed by atoms with Gasteiger partial charge < -0.3 is 5.11 Å². The van der Waals surface area contributed by atoms with Crippen molar-refractivity contribution in [3.8, 4) is 5.75 Å². The van der Waals surface area contributed by atoms with Gasteiger partial charge in [0.15, 0.2) is 5.69 Å². The van der Waals surface area contributed by atoms with Crippen molar-refractivity contribution in [2.45, 2.75) is 19.4 Å². The van der Waals surface area contributed by atoms with Crippen LogP contribution >= 0.6 is 34.8 Å². The fourth-order valence-electron chi connectivity index (χ4n) is 2.41. The maximum absolute atomic E-state index is 12.6. The number of phenols is 1. The normalized spacial score (nSPS) is 17.7. The minimum atomic E-state index is -0.347. The Hall–Kier alpha value is -2.02. The van der Waals surface area contributed by atoms with E-state index >= 15 is 0 Å². The van der Waals surface area contributed by atoms with E-state index in [-0.39, 0.29) is 28.7 Å². The first-order valence-electron chi connectivity index (χ1n) is 7.31. The van der Waals surface area contributed by atoms with Gasteiger partial charge in [0.2, 0.25) is 0 Å². The molecule has 0 amide bonds. The Morgan fingerprint density at radius 2 is 2.00 bits per heavy atom. The average molecular weight is 400 g/mol. The summed E-state index contributed by atoms with van der Waals surface area (Å²) >= 11 is 17.8. The molecule has 0 bridgehead atoms. The van der Waals surface area contributed by atoms with E-state index in [2.05, 4.69) is 15.3 Å². The van der Waals surface area contributed by atoms with E-state index < -0.39 is 0 Å². The number of H-pyrrole nitrogens is 1. The van der Waals surface area contributed by atoms with Crippen LogP contribution in [0.25, 0.3) is 0 Å². The number of nitrogens with zero attached hydrogens (tertiary/aromatic N) is 3. The molecule has 0 saturated heterocycles. The number of allylic oxidation sites excluding steroid dienone is 4. The van der Waals surface area contributed by atoms with Crippen molar-refractivity contribution in [3.05, 3.63) is 61.5 Å². The SMILES string of the molecule is Cc1[nH]n(C2C=C(Cl)C(Cl)=CC2)c(=O)c1N=Nc1cc(Cl)ccc1O. The molecule has 1 aromatic heterocycles. The van der Waals surface area contributed by atoms with Crippen molar-refractivity contribution in [2.75, 3.05) is 0 Å². The summed E-state index contributed by atoms with van der Waals surface area (Å²) in [7, 11) is 0. The number of aromatic hydroxyl groups is 1. The van der Waals surface area contributed by atoms with E-state index in [9.17, 15) is 9.90 Å². The Morgan fingerprint density at radius 1 is 1.24 bits per heavy atom. The molecule has 9 heteroatoms. The molecule has 1 aliphatic carbocycles. The topological polar surface area (TPSA) is 82.7 Å². The molecule has 1 aromatic carbocycles. The highest BCUT2D eigenvalue weighted by atomic mass is 35.5.